The van der Waals surface area contributed by atoms with Crippen LogP contribution in [0.2, 0.25) is 0 Å². The number of rotatable bonds is 5. The van der Waals surface area contributed by atoms with Crippen molar-refractivity contribution in [2.75, 3.05) is 44.0 Å². The molecule has 1 aliphatic rings. The van der Waals surface area contributed by atoms with Gasteiger partial charge >= 0.3 is 6.03 Å². The molecule has 1 saturated heterocycles. The number of morpholine rings is 1. The maximum atomic E-state index is 12.3. The first-order chi connectivity index (χ1) is 13.0. The van der Waals surface area contributed by atoms with Gasteiger partial charge in [-0.3, -0.25) is 10.3 Å². The van der Waals surface area contributed by atoms with Gasteiger partial charge in [-0.25, -0.2) is 9.78 Å². The Balaban J connectivity index is 1.62. The number of urea groups is 1. The maximum Gasteiger partial charge on any atom is 0.324 e. The minimum Gasteiger partial charge on any atom is -0.489 e. The molecule has 1 aromatic carbocycles. The minimum atomic E-state index is -0.461. The van der Waals surface area contributed by atoms with E-state index >= 15 is 0 Å². The number of nitrogens with zero attached hydrogens (tertiary/aromatic N) is 3. The molecule has 0 bridgehead atoms. The first kappa shape index (κ1) is 19.1. The number of hydrogen-bond acceptors (Lipinski definition) is 6. The van der Waals surface area contributed by atoms with Crippen molar-refractivity contribution in [1.82, 2.24) is 14.9 Å². The lowest BCUT2D eigenvalue weighted by molar-refractivity contribution is -0.0402. The monoisotopic (exact) mass is 367 g/mol. The van der Waals surface area contributed by atoms with Gasteiger partial charge in [0.05, 0.1) is 30.4 Å². The van der Waals surface area contributed by atoms with Crippen LogP contribution in [0.5, 0.6) is 5.75 Å². The van der Waals surface area contributed by atoms with Crippen LogP contribution in [0.1, 0.15) is 5.69 Å². The zero-order valence-corrected chi connectivity index (χ0v) is 15.4. The standard InChI is InChI=1S/C18H22BN5O3/c1-12-8-21-17(9-20-12)23-18(25)22-15-7-13(19)3-4-16(15)27-11-14-10-24(2)5-6-26-14/h3-4,7-9,14H,5-6,10-11H2,1-2H3,(H2,21,22,23,25)/t14-/m0/s1. The van der Waals surface area contributed by atoms with E-state index in [1.165, 1.54) is 6.20 Å². The van der Waals surface area contributed by atoms with E-state index in [0.29, 0.717) is 35.9 Å². The van der Waals surface area contributed by atoms with Gasteiger partial charge in [-0.15, -0.1) is 0 Å². The third-order valence-corrected chi connectivity index (χ3v) is 4.04. The largest absolute Gasteiger partial charge is 0.489 e. The van der Waals surface area contributed by atoms with Gasteiger partial charge in [0.1, 0.15) is 26.3 Å². The predicted octanol–water partition coefficient (Wildman–Crippen LogP) is 0.932. The highest BCUT2D eigenvalue weighted by molar-refractivity contribution is 6.32. The van der Waals surface area contributed by atoms with Crippen LogP contribution < -0.4 is 20.8 Å². The number of amides is 2. The van der Waals surface area contributed by atoms with E-state index in [9.17, 15) is 4.79 Å². The highest BCUT2D eigenvalue weighted by atomic mass is 16.5. The van der Waals surface area contributed by atoms with Crippen molar-refractivity contribution in [3.8, 4) is 5.75 Å². The Kier molecular flexibility index (Phi) is 6.26. The molecule has 0 unspecified atom stereocenters. The third kappa shape index (κ3) is 5.67. The first-order valence-corrected chi connectivity index (χ1v) is 8.69. The van der Waals surface area contributed by atoms with Gasteiger partial charge < -0.3 is 19.7 Å². The summed E-state index contributed by atoms with van der Waals surface area (Å²) in [6, 6.07) is 4.63. The third-order valence-electron chi connectivity index (χ3n) is 4.04. The highest BCUT2D eigenvalue weighted by Crippen LogP contribution is 2.23. The quantitative estimate of drug-likeness (QED) is 0.765. The summed E-state index contributed by atoms with van der Waals surface area (Å²) in [6.07, 6.45) is 3.04. The van der Waals surface area contributed by atoms with Gasteiger partial charge in [0.2, 0.25) is 0 Å². The Morgan fingerprint density at radius 3 is 2.96 bits per heavy atom. The minimum absolute atomic E-state index is 0.0224. The van der Waals surface area contributed by atoms with E-state index < -0.39 is 6.03 Å². The smallest absolute Gasteiger partial charge is 0.324 e. The van der Waals surface area contributed by atoms with Crippen molar-refractivity contribution in [3.63, 3.8) is 0 Å². The van der Waals surface area contributed by atoms with Crippen LogP contribution in [-0.4, -0.2) is 68.2 Å². The Morgan fingerprint density at radius 2 is 2.22 bits per heavy atom. The number of aryl methyl sites for hydroxylation is 1. The lowest BCUT2D eigenvalue weighted by Crippen LogP contribution is -2.42. The molecule has 0 spiro atoms. The Morgan fingerprint density at radius 1 is 1.37 bits per heavy atom. The SMILES string of the molecule is [B]c1ccc(OC[C@@H]2CN(C)CCO2)c(NC(=O)Nc2cnc(C)cn2)c1. The molecule has 140 valence electrons. The Hall–Kier alpha value is -2.65. The van der Waals surface area contributed by atoms with E-state index in [2.05, 4.69) is 25.5 Å². The van der Waals surface area contributed by atoms with Crippen LogP contribution in [0.25, 0.3) is 0 Å². The lowest BCUT2D eigenvalue weighted by atomic mass is 9.95. The molecule has 8 nitrogen and oxygen atoms in total. The molecule has 2 amide bonds. The van der Waals surface area contributed by atoms with Gasteiger partial charge in [0.15, 0.2) is 5.82 Å². The summed E-state index contributed by atoms with van der Waals surface area (Å²) in [5.74, 6) is 0.870. The average molecular weight is 367 g/mol. The summed E-state index contributed by atoms with van der Waals surface area (Å²) in [7, 11) is 7.89. The van der Waals surface area contributed by atoms with Crippen LogP contribution in [0.15, 0.2) is 30.6 Å². The van der Waals surface area contributed by atoms with Gasteiger partial charge in [-0.1, -0.05) is 11.5 Å². The molecule has 2 N–H and O–H groups in total. The predicted molar refractivity (Wildman–Crippen MR) is 104 cm³/mol. The zero-order valence-electron chi connectivity index (χ0n) is 15.4. The summed E-state index contributed by atoms with van der Waals surface area (Å²) < 4.78 is 11.6. The van der Waals surface area contributed by atoms with Crippen LogP contribution in [0.4, 0.5) is 16.3 Å². The molecule has 0 aliphatic carbocycles. The van der Waals surface area contributed by atoms with Crippen LogP contribution in [-0.2, 0) is 4.74 Å². The van der Waals surface area contributed by atoms with Gasteiger partial charge in [0.25, 0.3) is 0 Å². The average Bonchev–Trinajstić information content (AvgIpc) is 2.63. The summed E-state index contributed by atoms with van der Waals surface area (Å²) in [6.45, 7) is 4.59. The van der Waals surface area contributed by atoms with E-state index in [1.54, 1.807) is 24.4 Å². The molecule has 2 aromatic rings. The molecular formula is C18H22BN5O3. The Bertz CT molecular complexity index is 787. The van der Waals surface area contributed by atoms with E-state index in [0.717, 1.165) is 18.8 Å². The maximum absolute atomic E-state index is 12.3. The number of aromatic nitrogens is 2. The van der Waals surface area contributed by atoms with Gasteiger partial charge in [0, 0.05) is 13.1 Å². The Labute approximate surface area is 159 Å². The van der Waals surface area contributed by atoms with E-state index in [4.69, 9.17) is 17.3 Å². The number of hydrogen-bond donors (Lipinski definition) is 2. The molecule has 1 aliphatic heterocycles. The lowest BCUT2D eigenvalue weighted by Gasteiger charge is -2.30. The molecule has 1 fully saturated rings. The summed E-state index contributed by atoms with van der Waals surface area (Å²) in [5, 5.41) is 5.36. The summed E-state index contributed by atoms with van der Waals surface area (Å²) in [5.41, 5.74) is 1.75. The first-order valence-electron chi connectivity index (χ1n) is 8.69. The van der Waals surface area contributed by atoms with Crippen molar-refractivity contribution in [3.05, 3.63) is 36.3 Å². The second kappa shape index (κ2) is 8.83. The number of carbonyl (C=O) groups is 1. The fourth-order valence-corrected chi connectivity index (χ4v) is 2.65. The molecule has 3 rings (SSSR count). The van der Waals surface area contributed by atoms with Gasteiger partial charge in [-0.05, 0) is 26.1 Å². The molecule has 9 heteroatoms. The fraction of sp³-hybridized carbons (Fsp3) is 0.389. The van der Waals surface area contributed by atoms with Crippen molar-refractivity contribution in [2.24, 2.45) is 0 Å². The number of ether oxygens (including phenoxy) is 2. The highest BCUT2D eigenvalue weighted by Gasteiger charge is 2.19. The molecule has 27 heavy (non-hydrogen) atoms. The number of likely N-dealkylation sites (N-methyl/N-ethyl adjacent to an activating group) is 1. The molecule has 1 atom stereocenters. The van der Waals surface area contributed by atoms with Crippen molar-refractivity contribution in [2.45, 2.75) is 13.0 Å². The topological polar surface area (TPSA) is 88.6 Å². The van der Waals surface area contributed by atoms with Crippen LogP contribution in [0, 0.1) is 6.92 Å². The summed E-state index contributed by atoms with van der Waals surface area (Å²) in [4.78, 5) is 22.6. The molecule has 1 aromatic heterocycles. The normalized spacial score (nSPS) is 17.3. The molecular weight excluding hydrogens is 345 g/mol. The summed E-state index contributed by atoms with van der Waals surface area (Å²) >= 11 is 0. The second-order valence-electron chi connectivity index (χ2n) is 6.44. The fourth-order valence-electron chi connectivity index (χ4n) is 2.65. The van der Waals surface area contributed by atoms with E-state index in [1.807, 2.05) is 14.0 Å². The van der Waals surface area contributed by atoms with E-state index in [-0.39, 0.29) is 6.10 Å². The van der Waals surface area contributed by atoms with Crippen molar-refractivity contribution in [1.29, 1.82) is 0 Å². The number of nitrogens with one attached hydrogen (secondary N) is 2. The number of carbonyl (C=O) groups excluding carboxylic acids is 1. The van der Waals surface area contributed by atoms with Crippen LogP contribution >= 0.6 is 0 Å². The molecule has 2 heterocycles. The zero-order chi connectivity index (χ0) is 19.2. The van der Waals surface area contributed by atoms with Crippen molar-refractivity contribution >= 4 is 30.8 Å². The van der Waals surface area contributed by atoms with Gasteiger partial charge in [-0.2, -0.15) is 0 Å². The number of benzene rings is 1. The molecule has 2 radical (unpaired) electrons. The van der Waals surface area contributed by atoms with Crippen molar-refractivity contribution < 1.29 is 14.3 Å². The molecule has 0 saturated carbocycles. The second-order valence-corrected chi connectivity index (χ2v) is 6.44. The van der Waals surface area contributed by atoms with Crippen LogP contribution in [0.3, 0.4) is 0 Å². The number of anilines is 2.